The van der Waals surface area contributed by atoms with E-state index in [0.29, 0.717) is 57.9 Å². The Hall–Kier alpha value is -10.2. The van der Waals surface area contributed by atoms with Crippen molar-refractivity contribution in [2.24, 2.45) is 17.2 Å². The zero-order chi connectivity index (χ0) is 86.2. The number of fused-ring (bicyclic) bond motifs is 2. The molecule has 2 aromatic heterocycles. The number of aliphatic carboxylic acids is 2. The number of carboxylic acids is 2. The molecule has 0 aliphatic heterocycles. The summed E-state index contributed by atoms with van der Waals surface area (Å²) in [6, 6.07) is 32.3. The number of para-hydroxylation sites is 2. The number of primary amides is 2. The molecule has 0 spiro atoms. The van der Waals surface area contributed by atoms with Gasteiger partial charge in [0.05, 0.1) is 50.8 Å². The van der Waals surface area contributed by atoms with E-state index >= 15 is 0 Å². The maximum atomic E-state index is 14.0. The van der Waals surface area contributed by atoms with Gasteiger partial charge in [-0.3, -0.25) is 57.5 Å². The quantitative estimate of drug-likeness (QED) is 0.0235. The molecule has 2 heterocycles. The average Bonchev–Trinajstić information content (AvgIpc) is 1.65. The molecule has 8 aromatic rings. The lowest BCUT2D eigenvalue weighted by Crippen LogP contribution is -2.45. The van der Waals surface area contributed by atoms with Crippen LogP contribution in [0.25, 0.3) is 21.8 Å². The Kier molecular flexibility index (Phi) is 40.2. The number of nitrogens with zero attached hydrogens (tertiary/aromatic N) is 7. The molecule has 0 bridgehead atoms. The number of aromatic nitrogens is 4. The number of amides is 6. The van der Waals surface area contributed by atoms with Gasteiger partial charge in [0.25, 0.3) is 11.8 Å². The number of nitrogens with two attached hydrogens (primary N) is 3. The van der Waals surface area contributed by atoms with Crippen molar-refractivity contribution in [2.45, 2.75) is 184 Å². The summed E-state index contributed by atoms with van der Waals surface area (Å²) < 4.78 is 67.2. The number of ketones is 2. The minimum Gasteiger partial charge on any atom is -0.480 e. The molecule has 0 atom stereocenters. The van der Waals surface area contributed by atoms with Gasteiger partial charge in [0.15, 0.2) is 17.2 Å². The van der Waals surface area contributed by atoms with E-state index in [1.54, 1.807) is 160 Å². The van der Waals surface area contributed by atoms with Gasteiger partial charge in [-0.05, 0) is 143 Å². The Labute approximate surface area is 679 Å². The van der Waals surface area contributed by atoms with E-state index in [-0.39, 0.29) is 137 Å². The Morgan fingerprint density at radius 3 is 1.22 bits per heavy atom. The van der Waals surface area contributed by atoms with Crippen LogP contribution in [0.15, 0.2) is 121 Å². The summed E-state index contributed by atoms with van der Waals surface area (Å²) in [5.74, 6) is -6.25. The summed E-state index contributed by atoms with van der Waals surface area (Å²) >= 11 is 22.6. The van der Waals surface area contributed by atoms with E-state index in [1.165, 1.54) is 54.4 Å². The lowest BCUT2D eigenvalue weighted by atomic mass is 10.1. The Morgan fingerprint density at radius 2 is 0.851 bits per heavy atom. The zero-order valence-electron chi connectivity index (χ0n) is 66.0. The van der Waals surface area contributed by atoms with Crippen molar-refractivity contribution in [1.82, 2.24) is 44.9 Å². The van der Waals surface area contributed by atoms with Crippen molar-refractivity contribution in [1.29, 1.82) is 0 Å². The number of Topliss-reactive ketones (excluding diaryl/α,β-unsaturated/α-hetero) is 2. The first-order valence-electron chi connectivity index (χ1n) is 35.9. The van der Waals surface area contributed by atoms with Crippen LogP contribution >= 0.6 is 46.4 Å². The molecule has 10 N–H and O–H groups in total. The van der Waals surface area contributed by atoms with Crippen LogP contribution < -0.4 is 27.8 Å². The standard InChI is InChI=1S/C22H23ClFN5O3.C18H25ClFNO3.C13H17ClFNO.C10H9N3O3.C10H19NO4.C7H7ClFN/c1-13(2)28(11-18(30)26-10-14-6-5-8-16(23)20(14)24)19(31)12-29-17-9-4-3-7-15(17)21(27-29)22(25)32;1-12(2)21(17(23)24-18(3,4)5)11-14(22)10-9-13-7-6-8-15(19)16(13)20;1-9(2)16-8-11(17)7-6-10-4-3-5-12(14)13(10)15;11-10(16)9-6-3-1-2-4-7(6)13(12-9)5-8(14)15;1-7(2)11(6-8(12)13)9(14)15-10(3,4)5;8-6-3-1-2-5(4-10)7(6)9/h3-9,13H,10-12H2,1-2H3,(H2,25,32)(H,26,30);6-8,12H,9-11H2,1-5H3;3-5,9,16H,6-8H2,1-2H3;1-4H,5H2,(H2,11,16)(H,14,15);7H,6H2,1-5H3,(H,12,13);1-3H,4,10H2. The van der Waals surface area contributed by atoms with Crippen molar-refractivity contribution in [3.05, 3.63) is 198 Å². The van der Waals surface area contributed by atoms with Gasteiger partial charge in [0, 0.05) is 72.0 Å². The van der Waals surface area contributed by atoms with Gasteiger partial charge >= 0.3 is 24.1 Å². The fraction of sp³-hybridized carbons (Fsp3) is 0.400. The highest BCUT2D eigenvalue weighted by Gasteiger charge is 2.29. The van der Waals surface area contributed by atoms with E-state index in [9.17, 15) is 65.5 Å². The van der Waals surface area contributed by atoms with Crippen molar-refractivity contribution < 1.29 is 85.2 Å². The first kappa shape index (κ1) is 98.0. The number of aryl methyl sites for hydroxylation is 2. The molecule has 114 heavy (non-hydrogen) atoms. The van der Waals surface area contributed by atoms with Crippen LogP contribution in [0.5, 0.6) is 0 Å². The third-order valence-corrected chi connectivity index (χ3v) is 16.8. The summed E-state index contributed by atoms with van der Waals surface area (Å²) in [5, 5.41) is 32.4. The summed E-state index contributed by atoms with van der Waals surface area (Å²) in [7, 11) is 0. The SMILES string of the molecule is CC(C)N(CC(=O)CCc1cccc(Cl)c1F)C(=O)OC(C)(C)C.CC(C)N(CC(=O)NCc1cccc(Cl)c1F)C(=O)Cn1nc(C(N)=O)c2ccccc21.CC(C)N(CC(=O)O)C(=O)OC(C)(C)C.CC(C)NCC(=O)CCc1cccc(Cl)c1F.NC(=O)c1nn(CC(=O)O)c2ccccc12.NCc1cccc(Cl)c1F. The molecule has 0 radical (unpaired) electrons. The topological polar surface area (TPSA) is 377 Å². The molecule has 26 nitrogen and oxygen atoms in total. The fourth-order valence-corrected chi connectivity index (χ4v) is 10.7. The van der Waals surface area contributed by atoms with Crippen LogP contribution in [-0.4, -0.2) is 165 Å². The molecule has 0 aliphatic carbocycles. The summed E-state index contributed by atoms with van der Waals surface area (Å²) in [6.07, 6.45) is -0.0313. The third-order valence-electron chi connectivity index (χ3n) is 15.6. The van der Waals surface area contributed by atoms with E-state index in [0.717, 1.165) is 0 Å². The highest BCUT2D eigenvalue weighted by Crippen LogP contribution is 2.25. The first-order chi connectivity index (χ1) is 53.2. The van der Waals surface area contributed by atoms with Crippen LogP contribution in [0.3, 0.4) is 0 Å². The van der Waals surface area contributed by atoms with Gasteiger partial charge in [-0.1, -0.05) is 145 Å². The largest absolute Gasteiger partial charge is 0.480 e. The number of nitrogens with one attached hydrogen (secondary N) is 2. The van der Waals surface area contributed by atoms with Crippen LogP contribution in [0, 0.1) is 23.3 Å². The molecular weight excluding hydrogens is 1570 g/mol. The number of carbonyl (C=O) groups is 10. The number of ether oxygens (including phenoxy) is 2. The van der Waals surface area contributed by atoms with Crippen LogP contribution in [0.2, 0.25) is 20.1 Å². The van der Waals surface area contributed by atoms with E-state index in [2.05, 4.69) is 20.8 Å². The van der Waals surface area contributed by atoms with Crippen molar-refractivity contribution in [3.63, 3.8) is 0 Å². The number of hydrogen-bond acceptors (Lipinski definition) is 16. The molecule has 6 aromatic carbocycles. The van der Waals surface area contributed by atoms with Gasteiger partial charge < -0.3 is 52.4 Å². The van der Waals surface area contributed by atoms with Gasteiger partial charge in [-0.25, -0.2) is 27.2 Å². The number of carbonyl (C=O) groups excluding carboxylic acids is 8. The number of rotatable bonds is 27. The zero-order valence-corrected chi connectivity index (χ0v) is 69.0. The number of carboxylic acid groups (broad SMARTS) is 2. The van der Waals surface area contributed by atoms with Crippen LogP contribution in [0.4, 0.5) is 27.2 Å². The maximum Gasteiger partial charge on any atom is 0.411 e. The van der Waals surface area contributed by atoms with Crippen molar-refractivity contribution in [3.8, 4) is 0 Å². The lowest BCUT2D eigenvalue weighted by molar-refractivity contribution is -0.139. The average molecular weight is 1670 g/mol. The molecule has 0 aliphatic rings. The third kappa shape index (κ3) is 33.4. The summed E-state index contributed by atoms with van der Waals surface area (Å²) in [6.45, 7) is 24.5. The van der Waals surface area contributed by atoms with Crippen LogP contribution in [0.1, 0.15) is 153 Å². The summed E-state index contributed by atoms with van der Waals surface area (Å²) in [5.41, 5.74) is 17.5. The van der Waals surface area contributed by atoms with E-state index in [1.807, 2.05) is 27.7 Å². The normalized spacial score (nSPS) is 11.0. The van der Waals surface area contributed by atoms with Crippen molar-refractivity contribution in [2.75, 3.05) is 26.2 Å². The minimum absolute atomic E-state index is 0.0301. The highest BCUT2D eigenvalue weighted by molar-refractivity contribution is 6.31. The van der Waals surface area contributed by atoms with Gasteiger partial charge in [0.1, 0.15) is 59.9 Å². The second-order valence-electron chi connectivity index (χ2n) is 28.5. The maximum absolute atomic E-state index is 14.0. The van der Waals surface area contributed by atoms with Gasteiger partial charge in [-0.2, -0.15) is 10.2 Å². The van der Waals surface area contributed by atoms with E-state index < -0.39 is 76.3 Å². The Bertz CT molecular complexity index is 4620. The summed E-state index contributed by atoms with van der Waals surface area (Å²) in [4.78, 5) is 121. The van der Waals surface area contributed by atoms with Crippen molar-refractivity contribution >= 4 is 128 Å². The monoisotopic (exact) mass is 1670 g/mol. The Morgan fingerprint density at radius 1 is 0.482 bits per heavy atom. The smallest absolute Gasteiger partial charge is 0.411 e. The van der Waals surface area contributed by atoms with Crippen LogP contribution in [-0.2, 0) is 77.3 Å². The molecule has 0 saturated carbocycles. The molecule has 620 valence electrons. The van der Waals surface area contributed by atoms with Gasteiger partial charge in [-0.15, -0.1) is 0 Å². The second-order valence-corrected chi connectivity index (χ2v) is 30.2. The molecule has 8 rings (SSSR count). The Balaban J connectivity index is 0.000000368. The molecule has 0 saturated heterocycles. The first-order valence-corrected chi connectivity index (χ1v) is 37.4. The predicted octanol–water partition coefficient (Wildman–Crippen LogP) is 14.0. The molecule has 0 unspecified atom stereocenters. The van der Waals surface area contributed by atoms with E-state index in [4.69, 9.17) is 83.3 Å². The molecule has 6 amide bonds. The number of benzene rings is 6. The number of halogens is 8. The molecular formula is C80H100Cl4F4N12O14. The molecule has 34 heteroatoms. The minimum atomic E-state index is -1.05. The number of hydrogen-bond donors (Lipinski definition) is 7. The fourth-order valence-electron chi connectivity index (χ4n) is 9.97. The second kappa shape index (κ2) is 46.8. The highest BCUT2D eigenvalue weighted by atomic mass is 35.5. The predicted molar refractivity (Wildman–Crippen MR) is 430 cm³/mol. The molecule has 0 fully saturated rings. The lowest BCUT2D eigenvalue weighted by Gasteiger charge is -2.29. The van der Waals surface area contributed by atoms with Gasteiger partial charge in [0.2, 0.25) is 11.8 Å².